The van der Waals surface area contributed by atoms with Gasteiger partial charge >= 0.3 is 0 Å². The van der Waals surface area contributed by atoms with Gasteiger partial charge in [0.1, 0.15) is 5.82 Å². The van der Waals surface area contributed by atoms with Crippen LogP contribution in [0.4, 0.5) is 4.39 Å². The lowest BCUT2D eigenvalue weighted by atomic mass is 10.1. The second-order valence-corrected chi connectivity index (χ2v) is 6.06. The monoisotopic (exact) mass is 377 g/mol. The molecule has 1 aromatic carbocycles. The summed E-state index contributed by atoms with van der Waals surface area (Å²) in [6.07, 6.45) is 3.31. The van der Waals surface area contributed by atoms with Gasteiger partial charge in [-0.25, -0.2) is 4.39 Å². The average molecular weight is 379 g/mol. The molecule has 18 heavy (non-hydrogen) atoms. The second kappa shape index (κ2) is 6.15. The Bertz CT molecular complexity index is 453. The Hall–Kier alpha value is -0.420. The fourth-order valence-electron chi connectivity index (χ4n) is 2.30. The quantitative estimate of drug-likeness (QED) is 0.794. The summed E-state index contributed by atoms with van der Waals surface area (Å²) < 4.78 is 13.4. The Labute approximate surface area is 123 Å². The van der Waals surface area contributed by atoms with Gasteiger partial charge in [0.15, 0.2) is 0 Å². The minimum atomic E-state index is -0.356. The molecule has 0 bridgehead atoms. The van der Waals surface area contributed by atoms with Gasteiger partial charge in [-0.3, -0.25) is 4.79 Å². The van der Waals surface area contributed by atoms with Gasteiger partial charge in [-0.15, -0.1) is 0 Å². The van der Waals surface area contributed by atoms with Gasteiger partial charge in [-0.2, -0.15) is 0 Å². The molecule has 2 nitrogen and oxygen atoms in total. The van der Waals surface area contributed by atoms with E-state index in [-0.39, 0.29) is 17.8 Å². The summed E-state index contributed by atoms with van der Waals surface area (Å²) in [5.41, 5.74) is 0.489. The molecule has 5 heteroatoms. The van der Waals surface area contributed by atoms with Gasteiger partial charge in [0.25, 0.3) is 5.91 Å². The van der Waals surface area contributed by atoms with Gasteiger partial charge in [-0.05, 0) is 52.9 Å². The van der Waals surface area contributed by atoms with E-state index < -0.39 is 0 Å². The Kier molecular flexibility index (Phi) is 4.78. The van der Waals surface area contributed by atoms with Crippen LogP contribution in [-0.4, -0.2) is 17.3 Å². The number of alkyl halides is 1. The summed E-state index contributed by atoms with van der Waals surface area (Å²) in [5.74, 6) is 0.0112. The fourth-order valence-corrected chi connectivity index (χ4v) is 3.45. The van der Waals surface area contributed by atoms with E-state index in [2.05, 4.69) is 37.2 Å². The van der Waals surface area contributed by atoms with E-state index in [4.69, 9.17) is 0 Å². The molecule has 0 heterocycles. The van der Waals surface area contributed by atoms with Gasteiger partial charge < -0.3 is 5.32 Å². The van der Waals surface area contributed by atoms with Crippen molar-refractivity contribution >= 4 is 37.8 Å². The van der Waals surface area contributed by atoms with Crippen LogP contribution >= 0.6 is 31.9 Å². The summed E-state index contributed by atoms with van der Waals surface area (Å²) in [5, 5.41) is 3.94. The lowest BCUT2D eigenvalue weighted by molar-refractivity contribution is 0.0930. The number of nitrogens with one attached hydrogen (secondary N) is 1. The average Bonchev–Trinajstić information content (AvgIpc) is 2.79. The number of rotatable bonds is 3. The molecule has 1 aliphatic carbocycles. The summed E-state index contributed by atoms with van der Waals surface area (Å²) >= 11 is 6.57. The maximum Gasteiger partial charge on any atom is 0.251 e. The van der Waals surface area contributed by atoms with Crippen molar-refractivity contribution in [3.63, 3.8) is 0 Å². The van der Waals surface area contributed by atoms with Crippen molar-refractivity contribution in [1.29, 1.82) is 0 Å². The highest BCUT2D eigenvalue weighted by Gasteiger charge is 2.27. The van der Waals surface area contributed by atoms with Crippen LogP contribution < -0.4 is 5.32 Å². The first kappa shape index (κ1) is 14.0. The Morgan fingerprint density at radius 2 is 2.22 bits per heavy atom. The maximum atomic E-state index is 13.1. The van der Waals surface area contributed by atoms with E-state index in [0.29, 0.717) is 16.0 Å². The SMILES string of the molecule is O=C(NC1CCCC1CBr)c1ccc(F)c(Br)c1. The molecule has 0 aliphatic heterocycles. The highest BCUT2D eigenvalue weighted by molar-refractivity contribution is 9.10. The van der Waals surface area contributed by atoms with Crippen molar-refractivity contribution in [2.75, 3.05) is 5.33 Å². The van der Waals surface area contributed by atoms with E-state index in [0.717, 1.165) is 24.6 Å². The van der Waals surface area contributed by atoms with Gasteiger partial charge in [0, 0.05) is 16.9 Å². The Balaban J connectivity index is 2.05. The van der Waals surface area contributed by atoms with Crippen LogP contribution in [0.1, 0.15) is 29.6 Å². The number of amides is 1. The third kappa shape index (κ3) is 3.12. The van der Waals surface area contributed by atoms with Crippen LogP contribution in [0.3, 0.4) is 0 Å². The number of hydrogen-bond donors (Lipinski definition) is 1. The fraction of sp³-hybridized carbons (Fsp3) is 0.462. The minimum Gasteiger partial charge on any atom is -0.349 e. The molecule has 1 aromatic rings. The minimum absolute atomic E-state index is 0.131. The van der Waals surface area contributed by atoms with Crippen molar-refractivity contribution in [3.8, 4) is 0 Å². The molecule has 1 N–H and O–H groups in total. The van der Waals surface area contributed by atoms with Crippen molar-refractivity contribution in [2.45, 2.75) is 25.3 Å². The van der Waals surface area contributed by atoms with Crippen LogP contribution in [0.25, 0.3) is 0 Å². The first-order valence-corrected chi connectivity index (χ1v) is 7.85. The molecular formula is C13H14Br2FNO. The summed E-state index contributed by atoms with van der Waals surface area (Å²) in [7, 11) is 0. The zero-order valence-electron chi connectivity index (χ0n) is 9.76. The zero-order valence-corrected chi connectivity index (χ0v) is 12.9. The summed E-state index contributed by atoms with van der Waals surface area (Å²) in [4.78, 5) is 12.1. The molecule has 1 fully saturated rings. The highest BCUT2D eigenvalue weighted by atomic mass is 79.9. The van der Waals surface area contributed by atoms with Crippen molar-refractivity contribution in [3.05, 3.63) is 34.1 Å². The second-order valence-electron chi connectivity index (χ2n) is 4.55. The molecule has 2 rings (SSSR count). The molecule has 1 aliphatic rings. The van der Waals surface area contributed by atoms with E-state index in [1.54, 1.807) is 0 Å². The molecular weight excluding hydrogens is 365 g/mol. The number of halogens is 3. The van der Waals surface area contributed by atoms with Crippen molar-refractivity contribution < 1.29 is 9.18 Å². The molecule has 1 amide bonds. The molecule has 0 aromatic heterocycles. The maximum absolute atomic E-state index is 13.1. The number of carbonyl (C=O) groups excluding carboxylic acids is 1. The summed E-state index contributed by atoms with van der Waals surface area (Å²) in [6.45, 7) is 0. The van der Waals surface area contributed by atoms with Crippen LogP contribution in [-0.2, 0) is 0 Å². The molecule has 2 atom stereocenters. The third-order valence-electron chi connectivity index (χ3n) is 3.36. The van der Waals surface area contributed by atoms with Gasteiger partial charge in [0.05, 0.1) is 4.47 Å². The molecule has 2 unspecified atom stereocenters. The molecule has 1 saturated carbocycles. The van der Waals surface area contributed by atoms with Crippen molar-refractivity contribution in [1.82, 2.24) is 5.32 Å². The standard InChI is InChI=1S/C13H14Br2FNO/c14-7-9-2-1-3-12(9)17-13(18)8-4-5-11(16)10(15)6-8/h4-6,9,12H,1-3,7H2,(H,17,18). The molecule has 0 saturated heterocycles. The van der Waals surface area contributed by atoms with Crippen LogP contribution in [0, 0.1) is 11.7 Å². The van der Waals surface area contributed by atoms with Gasteiger partial charge in [-0.1, -0.05) is 22.4 Å². The number of benzene rings is 1. The number of hydrogen-bond acceptors (Lipinski definition) is 1. The van der Waals surface area contributed by atoms with E-state index in [9.17, 15) is 9.18 Å². The normalized spacial score (nSPS) is 23.1. The van der Waals surface area contributed by atoms with Crippen molar-refractivity contribution in [2.24, 2.45) is 5.92 Å². The third-order valence-corrected chi connectivity index (χ3v) is 4.79. The van der Waals surface area contributed by atoms with E-state index >= 15 is 0 Å². The first-order valence-electron chi connectivity index (χ1n) is 5.93. The Morgan fingerprint density at radius 1 is 1.44 bits per heavy atom. The lowest BCUT2D eigenvalue weighted by Gasteiger charge is -2.19. The zero-order chi connectivity index (χ0) is 13.1. The number of carbonyl (C=O) groups is 1. The predicted molar refractivity (Wildman–Crippen MR) is 76.5 cm³/mol. The molecule has 0 radical (unpaired) electrons. The highest BCUT2D eigenvalue weighted by Crippen LogP contribution is 2.27. The van der Waals surface area contributed by atoms with Crippen LogP contribution in [0.15, 0.2) is 22.7 Å². The largest absolute Gasteiger partial charge is 0.349 e. The first-order chi connectivity index (χ1) is 8.61. The van der Waals surface area contributed by atoms with Gasteiger partial charge in [0.2, 0.25) is 0 Å². The molecule has 0 spiro atoms. The van der Waals surface area contributed by atoms with E-state index in [1.165, 1.54) is 18.2 Å². The lowest BCUT2D eigenvalue weighted by Crippen LogP contribution is -2.37. The summed E-state index contributed by atoms with van der Waals surface area (Å²) in [6, 6.07) is 4.55. The van der Waals surface area contributed by atoms with Crippen LogP contribution in [0.5, 0.6) is 0 Å². The smallest absolute Gasteiger partial charge is 0.251 e. The molecule has 98 valence electrons. The van der Waals surface area contributed by atoms with Crippen LogP contribution in [0.2, 0.25) is 0 Å². The predicted octanol–water partition coefficient (Wildman–Crippen LogP) is 3.88. The Morgan fingerprint density at radius 3 is 2.89 bits per heavy atom. The topological polar surface area (TPSA) is 29.1 Å². The van der Waals surface area contributed by atoms with E-state index in [1.807, 2.05) is 0 Å².